The van der Waals surface area contributed by atoms with Gasteiger partial charge >= 0.3 is 0 Å². The lowest BCUT2D eigenvalue weighted by Crippen LogP contribution is -1.73. The Morgan fingerprint density at radius 1 is 1.10 bits per heavy atom. The molecule has 0 amide bonds. The predicted octanol–water partition coefficient (Wildman–Crippen LogP) is 2.83. The first-order chi connectivity index (χ1) is 4.93. The fourth-order valence-electron chi connectivity index (χ4n) is 0.714. The van der Waals surface area contributed by atoms with E-state index in [-0.39, 0.29) is 0 Å². The second-order valence-corrected chi connectivity index (χ2v) is 1.84. The van der Waals surface area contributed by atoms with E-state index in [0.29, 0.717) is 7.18 Å². The van der Waals surface area contributed by atoms with E-state index in [9.17, 15) is 4.39 Å². The Morgan fingerprint density at radius 2 is 1.60 bits per heavy atom. The van der Waals surface area contributed by atoms with Crippen LogP contribution in [0, 0.1) is 0 Å². The molecule has 1 aromatic rings. The van der Waals surface area contributed by atoms with Crippen molar-refractivity contribution in [2.75, 3.05) is 7.18 Å². The van der Waals surface area contributed by atoms with Gasteiger partial charge in [0, 0.05) is 0 Å². The molecule has 10 heavy (non-hydrogen) atoms. The summed E-state index contributed by atoms with van der Waals surface area (Å²) >= 11 is 0. The smallest absolute Gasteiger partial charge is 0.0785 e. The Hall–Kier alpha value is -0.850. The number of alkyl halides is 1. The van der Waals surface area contributed by atoms with Gasteiger partial charge in [0.15, 0.2) is 0 Å². The first kappa shape index (κ1) is 9.15. The standard InChI is InChI=1S/C8H10.CH3F/c1-2-8-6-4-3-5-7-8;1-2/h3-7H,2H2,1H3;1H3/i;2-1. The van der Waals surface area contributed by atoms with Crippen LogP contribution in [-0.4, -0.2) is 7.18 Å². The third-order valence-corrected chi connectivity index (χ3v) is 1.25. The van der Waals surface area contributed by atoms with Crippen LogP contribution in [0.2, 0.25) is 0 Å². The predicted molar refractivity (Wildman–Crippen MR) is 42.9 cm³/mol. The number of aryl methyl sites for hydroxylation is 1. The molecule has 0 spiro atoms. The molecule has 0 atom stereocenters. The number of hydrogen-bond donors (Lipinski definition) is 0. The van der Waals surface area contributed by atoms with E-state index in [1.807, 2.05) is 6.07 Å². The maximum atomic E-state index is 9.50. The summed E-state index contributed by atoms with van der Waals surface area (Å²) < 4.78 is 9.50. The minimum atomic E-state index is 0.500. The van der Waals surface area contributed by atoms with Crippen LogP contribution >= 0.6 is 0 Å². The molecule has 0 fully saturated rings. The van der Waals surface area contributed by atoms with Gasteiger partial charge in [0.25, 0.3) is 0 Å². The molecule has 0 N–H and O–H groups in total. The molecular formula is C9H13F. The van der Waals surface area contributed by atoms with Gasteiger partial charge in [-0.15, -0.1) is 0 Å². The van der Waals surface area contributed by atoms with Gasteiger partial charge in [-0.25, -0.2) is 0 Å². The van der Waals surface area contributed by atoms with E-state index < -0.39 is 0 Å². The van der Waals surface area contributed by atoms with Crippen molar-refractivity contribution in [2.45, 2.75) is 13.3 Å². The van der Waals surface area contributed by atoms with Gasteiger partial charge in [0.1, 0.15) is 0 Å². The van der Waals surface area contributed by atoms with E-state index in [1.165, 1.54) is 5.56 Å². The first-order valence-electron chi connectivity index (χ1n) is 3.35. The molecule has 0 nitrogen and oxygen atoms in total. The van der Waals surface area contributed by atoms with Crippen LogP contribution in [-0.2, 0) is 6.42 Å². The van der Waals surface area contributed by atoms with E-state index in [2.05, 4.69) is 31.2 Å². The van der Waals surface area contributed by atoms with Crippen molar-refractivity contribution < 1.29 is 4.39 Å². The molecule has 56 valence electrons. The highest BCUT2D eigenvalue weighted by atomic mass is 18.2. The van der Waals surface area contributed by atoms with Crippen LogP contribution in [0.1, 0.15) is 12.5 Å². The maximum absolute atomic E-state index is 9.50. The van der Waals surface area contributed by atoms with Crippen LogP contribution in [0.15, 0.2) is 30.3 Å². The lowest BCUT2D eigenvalue weighted by molar-refractivity contribution is 0.636. The summed E-state index contributed by atoms with van der Waals surface area (Å²) in [7, 11) is 0.500. The first-order valence-corrected chi connectivity index (χ1v) is 3.35. The molecule has 0 aromatic heterocycles. The molecule has 0 saturated heterocycles. The largest absolute Gasteiger partial charge is 0.255 e. The highest BCUT2D eigenvalue weighted by Crippen LogP contribution is 1.96. The van der Waals surface area contributed by atoms with Crippen molar-refractivity contribution >= 4 is 0 Å². The van der Waals surface area contributed by atoms with Crippen molar-refractivity contribution in [2.24, 2.45) is 0 Å². The van der Waals surface area contributed by atoms with E-state index in [1.54, 1.807) is 0 Å². The van der Waals surface area contributed by atoms with Crippen LogP contribution in [0.5, 0.6) is 0 Å². The van der Waals surface area contributed by atoms with Crippen molar-refractivity contribution in [3.63, 3.8) is 0 Å². The van der Waals surface area contributed by atoms with Gasteiger partial charge in [-0.05, 0) is 12.0 Å². The SMILES string of the molecule is CCc1ccccc1.C[18F]. The van der Waals surface area contributed by atoms with Crippen molar-refractivity contribution in [3.8, 4) is 0 Å². The normalized spacial score (nSPS) is 7.90. The summed E-state index contributed by atoms with van der Waals surface area (Å²) in [6.45, 7) is 2.16. The minimum absolute atomic E-state index is 0.500. The molecule has 0 radical (unpaired) electrons. The van der Waals surface area contributed by atoms with Gasteiger partial charge in [-0.2, -0.15) is 0 Å². The fraction of sp³-hybridized carbons (Fsp3) is 0.333. The summed E-state index contributed by atoms with van der Waals surface area (Å²) in [5, 5.41) is 0. The van der Waals surface area contributed by atoms with Crippen molar-refractivity contribution in [1.82, 2.24) is 0 Å². The van der Waals surface area contributed by atoms with E-state index >= 15 is 0 Å². The lowest BCUT2D eigenvalue weighted by atomic mass is 10.2. The molecule has 0 saturated carbocycles. The molecular weight excluding hydrogens is 126 g/mol. The zero-order chi connectivity index (χ0) is 7.82. The van der Waals surface area contributed by atoms with Gasteiger partial charge in [-0.3, -0.25) is 4.39 Å². The zero-order valence-corrected chi connectivity index (χ0v) is 6.47. The van der Waals surface area contributed by atoms with Gasteiger partial charge in [0.2, 0.25) is 0 Å². The second kappa shape index (κ2) is 6.27. The number of rotatable bonds is 1. The van der Waals surface area contributed by atoms with E-state index in [0.717, 1.165) is 6.42 Å². The van der Waals surface area contributed by atoms with Gasteiger partial charge in [-0.1, -0.05) is 37.3 Å². The molecule has 1 aromatic carbocycles. The molecule has 0 heterocycles. The third kappa shape index (κ3) is 3.23. The summed E-state index contributed by atoms with van der Waals surface area (Å²) in [6, 6.07) is 10.5. The summed E-state index contributed by atoms with van der Waals surface area (Å²) in [6.07, 6.45) is 1.14. The molecule has 0 unspecified atom stereocenters. The molecule has 0 aliphatic heterocycles. The third-order valence-electron chi connectivity index (χ3n) is 1.25. The Balaban J connectivity index is 0.000000371. The van der Waals surface area contributed by atoms with Crippen LogP contribution in [0.3, 0.4) is 0 Å². The highest BCUT2D eigenvalue weighted by Gasteiger charge is 1.79. The molecule has 1 rings (SSSR count). The van der Waals surface area contributed by atoms with Crippen molar-refractivity contribution in [3.05, 3.63) is 35.9 Å². The number of hydrogen-bond acceptors (Lipinski definition) is 0. The zero-order valence-electron chi connectivity index (χ0n) is 6.47. The van der Waals surface area contributed by atoms with Crippen LogP contribution in [0.25, 0.3) is 0 Å². The molecule has 0 aliphatic rings. The van der Waals surface area contributed by atoms with E-state index in [4.69, 9.17) is 0 Å². The fourth-order valence-corrected chi connectivity index (χ4v) is 0.714. The Kier molecular flexibility index (Phi) is 5.74. The minimum Gasteiger partial charge on any atom is -0.255 e. The summed E-state index contributed by atoms with van der Waals surface area (Å²) in [5.41, 5.74) is 1.41. The Bertz CT molecular complexity index is 146. The second-order valence-electron chi connectivity index (χ2n) is 1.84. The molecule has 0 aliphatic carbocycles. The molecule has 1 heteroatoms. The van der Waals surface area contributed by atoms with Crippen LogP contribution < -0.4 is 0 Å². The Labute approximate surface area is 61.7 Å². The quantitative estimate of drug-likeness (QED) is 0.561. The summed E-state index contributed by atoms with van der Waals surface area (Å²) in [5.74, 6) is 0. The molecule has 0 bridgehead atoms. The number of halogens is 1. The van der Waals surface area contributed by atoms with Gasteiger partial charge < -0.3 is 0 Å². The van der Waals surface area contributed by atoms with Crippen LogP contribution in [0.4, 0.5) is 4.39 Å². The van der Waals surface area contributed by atoms with Gasteiger partial charge in [0.05, 0.1) is 7.18 Å². The average molecular weight is 139 g/mol. The maximum Gasteiger partial charge on any atom is 0.0785 e. The highest BCUT2D eigenvalue weighted by molar-refractivity contribution is 5.13. The topological polar surface area (TPSA) is 0 Å². The average Bonchev–Trinajstić information content (AvgIpc) is 2.10. The Morgan fingerprint density at radius 3 is 1.90 bits per heavy atom. The lowest BCUT2D eigenvalue weighted by Gasteiger charge is -1.89. The summed E-state index contributed by atoms with van der Waals surface area (Å²) in [4.78, 5) is 0. The van der Waals surface area contributed by atoms with Crippen molar-refractivity contribution in [1.29, 1.82) is 0 Å². The number of benzene rings is 1. The monoisotopic (exact) mass is 139 g/mol.